The average molecular weight is 455 g/mol. The highest BCUT2D eigenvalue weighted by molar-refractivity contribution is 14.0. The summed E-state index contributed by atoms with van der Waals surface area (Å²) >= 11 is 0. The number of amides is 1. The van der Waals surface area contributed by atoms with Crippen LogP contribution in [0.1, 0.15) is 41.0 Å². The van der Waals surface area contributed by atoms with Crippen molar-refractivity contribution in [3.63, 3.8) is 0 Å². The predicted molar refractivity (Wildman–Crippen MR) is 109 cm³/mol. The van der Waals surface area contributed by atoms with Gasteiger partial charge in [-0.15, -0.1) is 24.0 Å². The molecule has 0 bridgehead atoms. The molecule has 0 aromatic heterocycles. The Hall–Kier alpha value is -0.770. The molecule has 3 N–H and O–H groups in total. The highest BCUT2D eigenvalue weighted by Crippen LogP contribution is 2.11. The Labute approximate surface area is 163 Å². The number of carbonyl (C=O) groups is 1. The van der Waals surface area contributed by atoms with Crippen molar-refractivity contribution < 1.29 is 9.53 Å². The van der Waals surface area contributed by atoms with E-state index in [-0.39, 0.29) is 30.1 Å². The van der Waals surface area contributed by atoms with Crippen LogP contribution in [-0.4, -0.2) is 72.8 Å². The maximum Gasteiger partial charge on any atom is 0.410 e. The predicted octanol–water partition coefficient (Wildman–Crippen LogP) is 1.86. The van der Waals surface area contributed by atoms with E-state index in [0.717, 1.165) is 45.7 Å². The number of aliphatic imine (C=N–C) groups is 1. The largest absolute Gasteiger partial charge is 0.444 e. The van der Waals surface area contributed by atoms with Gasteiger partial charge >= 0.3 is 6.09 Å². The molecule has 1 fully saturated rings. The smallest absolute Gasteiger partial charge is 0.410 e. The van der Waals surface area contributed by atoms with Crippen molar-refractivity contribution in [1.82, 2.24) is 15.1 Å². The van der Waals surface area contributed by atoms with E-state index in [1.54, 1.807) is 4.90 Å². The van der Waals surface area contributed by atoms with Gasteiger partial charge in [0.05, 0.1) is 0 Å². The lowest BCUT2D eigenvalue weighted by Crippen LogP contribution is -2.50. The van der Waals surface area contributed by atoms with Crippen LogP contribution in [0.5, 0.6) is 0 Å². The molecule has 0 aromatic carbocycles. The van der Waals surface area contributed by atoms with Gasteiger partial charge in [0.2, 0.25) is 0 Å². The molecule has 0 saturated carbocycles. The molecule has 1 rings (SSSR count). The SMILES string of the molecule is CC(C)NC(N)=NCCCN1CCN(C(=O)OC(C)(C)C)CC1.I. The van der Waals surface area contributed by atoms with E-state index in [1.165, 1.54) is 0 Å². The van der Waals surface area contributed by atoms with Gasteiger partial charge in [-0.2, -0.15) is 0 Å². The molecule has 0 aromatic rings. The van der Waals surface area contributed by atoms with Crippen LogP contribution in [0.2, 0.25) is 0 Å². The lowest BCUT2D eigenvalue weighted by molar-refractivity contribution is 0.0145. The molecule has 1 aliphatic rings. The first kappa shape index (κ1) is 23.2. The zero-order valence-electron chi connectivity index (χ0n) is 15.7. The lowest BCUT2D eigenvalue weighted by atomic mass is 10.2. The number of hydrogen-bond acceptors (Lipinski definition) is 4. The van der Waals surface area contributed by atoms with Crippen LogP contribution in [0.4, 0.5) is 4.79 Å². The Morgan fingerprint density at radius 1 is 1.25 bits per heavy atom. The molecular weight excluding hydrogens is 421 g/mol. The van der Waals surface area contributed by atoms with Gasteiger partial charge in [-0.3, -0.25) is 9.89 Å². The van der Waals surface area contributed by atoms with E-state index in [0.29, 0.717) is 12.0 Å². The van der Waals surface area contributed by atoms with Crippen molar-refractivity contribution in [2.75, 3.05) is 39.3 Å². The number of nitrogens with zero attached hydrogens (tertiary/aromatic N) is 3. The molecule has 24 heavy (non-hydrogen) atoms. The molecule has 0 radical (unpaired) electrons. The average Bonchev–Trinajstić information content (AvgIpc) is 2.41. The first-order chi connectivity index (χ1) is 10.7. The summed E-state index contributed by atoms with van der Waals surface area (Å²) in [5.41, 5.74) is 5.33. The van der Waals surface area contributed by atoms with Gasteiger partial charge < -0.3 is 20.7 Å². The second-order valence-electron chi connectivity index (χ2n) is 7.23. The summed E-state index contributed by atoms with van der Waals surface area (Å²) < 4.78 is 5.40. The molecular formula is C16H34IN5O2. The molecule has 0 unspecified atom stereocenters. The Bertz CT molecular complexity index is 402. The van der Waals surface area contributed by atoms with Crippen molar-refractivity contribution in [2.24, 2.45) is 10.7 Å². The van der Waals surface area contributed by atoms with Crippen LogP contribution in [0.3, 0.4) is 0 Å². The first-order valence-corrected chi connectivity index (χ1v) is 8.44. The Morgan fingerprint density at radius 2 is 1.83 bits per heavy atom. The Morgan fingerprint density at radius 3 is 2.33 bits per heavy atom. The third kappa shape index (κ3) is 10.2. The molecule has 1 aliphatic heterocycles. The molecule has 0 aliphatic carbocycles. The second kappa shape index (κ2) is 11.0. The Kier molecular flexibility index (Phi) is 10.6. The number of ether oxygens (including phenoxy) is 1. The number of nitrogens with two attached hydrogens (primary N) is 1. The van der Waals surface area contributed by atoms with Gasteiger partial charge in [-0.05, 0) is 41.0 Å². The van der Waals surface area contributed by atoms with Gasteiger partial charge in [-0.1, -0.05) is 0 Å². The summed E-state index contributed by atoms with van der Waals surface area (Å²) in [6.07, 6.45) is 0.752. The van der Waals surface area contributed by atoms with E-state index in [9.17, 15) is 4.79 Å². The van der Waals surface area contributed by atoms with Crippen molar-refractivity contribution in [3.8, 4) is 0 Å². The number of halogens is 1. The first-order valence-electron chi connectivity index (χ1n) is 8.44. The summed E-state index contributed by atoms with van der Waals surface area (Å²) in [5.74, 6) is 0.509. The minimum atomic E-state index is -0.434. The van der Waals surface area contributed by atoms with E-state index in [4.69, 9.17) is 10.5 Å². The number of nitrogens with one attached hydrogen (secondary N) is 1. The van der Waals surface area contributed by atoms with Gasteiger partial charge in [0.15, 0.2) is 5.96 Å². The van der Waals surface area contributed by atoms with Crippen molar-refractivity contribution in [2.45, 2.75) is 52.7 Å². The summed E-state index contributed by atoms with van der Waals surface area (Å²) in [5, 5.41) is 3.07. The number of guanidine groups is 1. The van der Waals surface area contributed by atoms with E-state index < -0.39 is 5.60 Å². The molecule has 0 atom stereocenters. The van der Waals surface area contributed by atoms with Crippen LogP contribution in [0.15, 0.2) is 4.99 Å². The topological polar surface area (TPSA) is 83.2 Å². The zero-order valence-corrected chi connectivity index (χ0v) is 18.0. The van der Waals surface area contributed by atoms with E-state index in [1.807, 2.05) is 34.6 Å². The fraction of sp³-hybridized carbons (Fsp3) is 0.875. The van der Waals surface area contributed by atoms with Crippen LogP contribution >= 0.6 is 24.0 Å². The molecule has 1 amide bonds. The quantitative estimate of drug-likeness (QED) is 0.286. The van der Waals surface area contributed by atoms with Crippen LogP contribution in [0, 0.1) is 0 Å². The molecule has 0 spiro atoms. The van der Waals surface area contributed by atoms with Gasteiger partial charge in [0.1, 0.15) is 5.60 Å². The van der Waals surface area contributed by atoms with Gasteiger partial charge in [-0.25, -0.2) is 4.79 Å². The zero-order chi connectivity index (χ0) is 17.5. The fourth-order valence-electron chi connectivity index (χ4n) is 2.32. The van der Waals surface area contributed by atoms with Crippen LogP contribution < -0.4 is 11.1 Å². The monoisotopic (exact) mass is 455 g/mol. The molecule has 8 heteroatoms. The minimum absolute atomic E-state index is 0. The van der Waals surface area contributed by atoms with Crippen LogP contribution in [0.25, 0.3) is 0 Å². The number of rotatable bonds is 5. The maximum absolute atomic E-state index is 12.0. The van der Waals surface area contributed by atoms with Crippen molar-refractivity contribution in [1.29, 1.82) is 0 Å². The highest BCUT2D eigenvalue weighted by atomic mass is 127. The number of carbonyl (C=O) groups excluding carboxylic acids is 1. The van der Waals surface area contributed by atoms with Gasteiger partial charge in [0, 0.05) is 45.3 Å². The standard InChI is InChI=1S/C16H33N5O2.HI/c1-13(2)19-14(17)18-7-6-8-20-9-11-21(12-10-20)15(22)23-16(3,4)5;/h13H,6-12H2,1-5H3,(H3,17,18,19);1H. The van der Waals surface area contributed by atoms with E-state index >= 15 is 0 Å². The summed E-state index contributed by atoms with van der Waals surface area (Å²) in [6, 6.07) is 0.305. The molecule has 7 nitrogen and oxygen atoms in total. The molecule has 142 valence electrons. The third-order valence-electron chi connectivity index (χ3n) is 3.38. The minimum Gasteiger partial charge on any atom is -0.444 e. The highest BCUT2D eigenvalue weighted by Gasteiger charge is 2.25. The van der Waals surface area contributed by atoms with Crippen molar-refractivity contribution in [3.05, 3.63) is 0 Å². The summed E-state index contributed by atoms with van der Waals surface area (Å²) in [4.78, 5) is 20.4. The van der Waals surface area contributed by atoms with E-state index in [2.05, 4.69) is 15.2 Å². The number of hydrogen-bond donors (Lipinski definition) is 2. The van der Waals surface area contributed by atoms with Gasteiger partial charge in [0.25, 0.3) is 0 Å². The Balaban J connectivity index is 0.00000529. The van der Waals surface area contributed by atoms with Crippen molar-refractivity contribution >= 4 is 36.0 Å². The summed E-state index contributed by atoms with van der Waals surface area (Å²) in [7, 11) is 0. The number of piperazine rings is 1. The lowest BCUT2D eigenvalue weighted by Gasteiger charge is -2.35. The van der Waals surface area contributed by atoms with Crippen LogP contribution in [-0.2, 0) is 4.74 Å². The maximum atomic E-state index is 12.0. The fourth-order valence-corrected chi connectivity index (χ4v) is 2.32. The molecule has 1 heterocycles. The summed E-state index contributed by atoms with van der Waals surface area (Å²) in [6.45, 7) is 14.6. The third-order valence-corrected chi connectivity index (χ3v) is 3.38. The molecule has 1 saturated heterocycles. The normalized spacial score (nSPS) is 16.8. The second-order valence-corrected chi connectivity index (χ2v) is 7.23.